The van der Waals surface area contributed by atoms with Gasteiger partial charge in [-0.05, 0) is 47.5 Å². The van der Waals surface area contributed by atoms with E-state index < -0.39 is 0 Å². The van der Waals surface area contributed by atoms with Crippen LogP contribution in [-0.4, -0.2) is 18.6 Å². The summed E-state index contributed by atoms with van der Waals surface area (Å²) in [6, 6.07) is 5.38. The number of nitrogens with one attached hydrogen (secondary N) is 1. The van der Waals surface area contributed by atoms with Gasteiger partial charge in [0.25, 0.3) is 0 Å². The third-order valence-corrected chi connectivity index (χ3v) is 3.70. The molecule has 0 radical (unpaired) electrons. The van der Waals surface area contributed by atoms with Crippen LogP contribution < -0.4 is 11.1 Å². The molecule has 1 saturated heterocycles. The molecule has 0 aliphatic carbocycles. The molecule has 0 saturated carbocycles. The molecule has 3 N–H and O–H groups in total. The number of benzene rings is 1. The number of rotatable bonds is 2. The third-order valence-electron chi connectivity index (χ3n) is 2.98. The molecule has 4 nitrogen and oxygen atoms in total. The highest BCUT2D eigenvalue weighted by Gasteiger charge is 2.30. The molecule has 2 atom stereocenters. The van der Waals surface area contributed by atoms with E-state index in [4.69, 9.17) is 10.5 Å². The second-order valence-electron chi connectivity index (χ2n) is 4.20. The zero-order valence-electron chi connectivity index (χ0n) is 9.57. The minimum absolute atomic E-state index is 0.00303. The van der Waals surface area contributed by atoms with Crippen LogP contribution in [0.3, 0.4) is 0 Å². The lowest BCUT2D eigenvalue weighted by atomic mass is 10.0. The zero-order valence-corrected chi connectivity index (χ0v) is 11.2. The van der Waals surface area contributed by atoms with Crippen molar-refractivity contribution in [3.8, 4) is 0 Å². The van der Waals surface area contributed by atoms with Gasteiger partial charge in [0, 0.05) is 22.5 Å². The van der Waals surface area contributed by atoms with Crippen molar-refractivity contribution in [3.63, 3.8) is 0 Å². The summed E-state index contributed by atoms with van der Waals surface area (Å²) in [7, 11) is 0. The molecular weight excluding hydrogens is 284 g/mol. The number of hydrogen-bond donors (Lipinski definition) is 2. The van der Waals surface area contributed by atoms with Crippen LogP contribution in [0.2, 0.25) is 0 Å². The van der Waals surface area contributed by atoms with Crippen LogP contribution in [-0.2, 0) is 9.53 Å². The average molecular weight is 299 g/mol. The van der Waals surface area contributed by atoms with E-state index in [2.05, 4.69) is 21.2 Å². The van der Waals surface area contributed by atoms with Gasteiger partial charge in [-0.15, -0.1) is 0 Å². The fraction of sp³-hybridized carbons (Fsp3) is 0.417. The fourth-order valence-corrected chi connectivity index (χ4v) is 2.18. The fourth-order valence-electron chi connectivity index (χ4n) is 1.93. The summed E-state index contributed by atoms with van der Waals surface area (Å²) in [6.45, 7) is 2.58. The lowest BCUT2D eigenvalue weighted by molar-refractivity contribution is -0.121. The van der Waals surface area contributed by atoms with Gasteiger partial charge >= 0.3 is 0 Å². The van der Waals surface area contributed by atoms with Gasteiger partial charge < -0.3 is 15.8 Å². The molecule has 1 fully saturated rings. The Labute approximate surface area is 109 Å². The highest BCUT2D eigenvalue weighted by molar-refractivity contribution is 9.10. The summed E-state index contributed by atoms with van der Waals surface area (Å²) in [5.74, 6) is -0.0726. The summed E-state index contributed by atoms with van der Waals surface area (Å²) >= 11 is 3.31. The van der Waals surface area contributed by atoms with Crippen LogP contribution in [0, 0.1) is 5.92 Å². The number of hydrogen-bond acceptors (Lipinski definition) is 3. The predicted molar refractivity (Wildman–Crippen MR) is 70.7 cm³/mol. The first-order valence-electron chi connectivity index (χ1n) is 5.55. The summed E-state index contributed by atoms with van der Waals surface area (Å²) in [4.78, 5) is 12.0. The van der Waals surface area contributed by atoms with E-state index in [0.717, 1.165) is 16.6 Å². The molecule has 1 aliphatic heterocycles. The zero-order chi connectivity index (χ0) is 12.4. The third kappa shape index (κ3) is 2.79. The van der Waals surface area contributed by atoms with Gasteiger partial charge in [-0.3, -0.25) is 4.79 Å². The first-order chi connectivity index (χ1) is 8.08. The van der Waals surface area contributed by atoms with Gasteiger partial charge in [-0.2, -0.15) is 0 Å². The second-order valence-corrected chi connectivity index (χ2v) is 5.05. The van der Waals surface area contributed by atoms with E-state index in [9.17, 15) is 4.79 Å². The van der Waals surface area contributed by atoms with Crippen LogP contribution in [0.25, 0.3) is 0 Å². The molecule has 0 bridgehead atoms. The van der Waals surface area contributed by atoms with E-state index in [1.165, 1.54) is 0 Å². The van der Waals surface area contributed by atoms with E-state index in [-0.39, 0.29) is 17.9 Å². The Morgan fingerprint density at radius 1 is 1.59 bits per heavy atom. The standard InChI is InChI=1S/C12H15BrN2O2/c1-7-9(4-5-17-7)12(16)15-8-2-3-10(13)11(14)6-8/h2-3,6-7,9H,4-5,14H2,1H3,(H,15,16). The molecular formula is C12H15BrN2O2. The summed E-state index contributed by atoms with van der Waals surface area (Å²) in [6.07, 6.45) is 0.765. The van der Waals surface area contributed by atoms with Crippen LogP contribution >= 0.6 is 15.9 Å². The summed E-state index contributed by atoms with van der Waals surface area (Å²) < 4.78 is 6.20. The minimum atomic E-state index is -0.0696. The molecule has 1 aliphatic rings. The van der Waals surface area contributed by atoms with Crippen molar-refractivity contribution < 1.29 is 9.53 Å². The largest absolute Gasteiger partial charge is 0.398 e. The number of halogens is 1. The highest BCUT2D eigenvalue weighted by atomic mass is 79.9. The first kappa shape index (κ1) is 12.4. The van der Waals surface area contributed by atoms with Gasteiger partial charge in [-0.1, -0.05) is 0 Å². The molecule has 0 aromatic heterocycles. The quantitative estimate of drug-likeness (QED) is 0.824. The number of anilines is 2. The van der Waals surface area contributed by atoms with Crippen molar-refractivity contribution in [2.24, 2.45) is 5.92 Å². The van der Waals surface area contributed by atoms with E-state index in [0.29, 0.717) is 12.3 Å². The molecule has 1 aromatic carbocycles. The summed E-state index contributed by atoms with van der Waals surface area (Å²) in [5, 5.41) is 2.86. The number of carbonyl (C=O) groups is 1. The maximum absolute atomic E-state index is 12.0. The molecule has 1 heterocycles. The molecule has 1 aromatic rings. The molecule has 92 valence electrons. The number of ether oxygens (including phenoxy) is 1. The van der Waals surface area contributed by atoms with Crippen LogP contribution in [0.4, 0.5) is 11.4 Å². The Morgan fingerprint density at radius 3 is 2.94 bits per heavy atom. The lowest BCUT2D eigenvalue weighted by Crippen LogP contribution is -2.27. The van der Waals surface area contributed by atoms with Crippen molar-refractivity contribution in [1.82, 2.24) is 0 Å². The number of amides is 1. The van der Waals surface area contributed by atoms with Crippen LogP contribution in [0.5, 0.6) is 0 Å². The van der Waals surface area contributed by atoms with Crippen LogP contribution in [0.1, 0.15) is 13.3 Å². The Hall–Kier alpha value is -1.07. The van der Waals surface area contributed by atoms with Crippen molar-refractivity contribution in [1.29, 1.82) is 0 Å². The minimum Gasteiger partial charge on any atom is -0.398 e. The second kappa shape index (κ2) is 5.06. The maximum Gasteiger partial charge on any atom is 0.230 e. The topological polar surface area (TPSA) is 64.3 Å². The predicted octanol–water partition coefficient (Wildman–Crippen LogP) is 2.39. The first-order valence-corrected chi connectivity index (χ1v) is 6.34. The van der Waals surface area contributed by atoms with Crippen molar-refractivity contribution in [2.75, 3.05) is 17.7 Å². The molecule has 17 heavy (non-hydrogen) atoms. The van der Waals surface area contributed by atoms with E-state index >= 15 is 0 Å². The summed E-state index contributed by atoms with van der Waals surface area (Å²) in [5.41, 5.74) is 7.08. The Bertz CT molecular complexity index is 437. The van der Waals surface area contributed by atoms with Crippen molar-refractivity contribution >= 4 is 33.2 Å². The van der Waals surface area contributed by atoms with Gasteiger partial charge in [0.2, 0.25) is 5.91 Å². The van der Waals surface area contributed by atoms with E-state index in [1.807, 2.05) is 19.1 Å². The van der Waals surface area contributed by atoms with Gasteiger partial charge in [-0.25, -0.2) is 0 Å². The van der Waals surface area contributed by atoms with Crippen molar-refractivity contribution in [2.45, 2.75) is 19.4 Å². The molecule has 1 amide bonds. The Balaban J connectivity index is 2.05. The molecule has 2 unspecified atom stereocenters. The van der Waals surface area contributed by atoms with E-state index in [1.54, 1.807) is 6.07 Å². The number of nitrogens with two attached hydrogens (primary N) is 1. The molecule has 2 rings (SSSR count). The highest BCUT2D eigenvalue weighted by Crippen LogP contribution is 2.25. The average Bonchev–Trinajstić information content (AvgIpc) is 2.70. The lowest BCUT2D eigenvalue weighted by Gasteiger charge is -2.14. The Morgan fingerprint density at radius 2 is 2.35 bits per heavy atom. The normalized spacial score (nSPS) is 23.6. The monoisotopic (exact) mass is 298 g/mol. The van der Waals surface area contributed by atoms with Crippen LogP contribution in [0.15, 0.2) is 22.7 Å². The van der Waals surface area contributed by atoms with Crippen molar-refractivity contribution in [3.05, 3.63) is 22.7 Å². The SMILES string of the molecule is CC1OCCC1C(=O)Nc1ccc(Br)c(N)c1. The smallest absolute Gasteiger partial charge is 0.230 e. The number of nitrogen functional groups attached to an aromatic ring is 1. The van der Waals surface area contributed by atoms with Gasteiger partial charge in [0.15, 0.2) is 0 Å². The van der Waals surface area contributed by atoms with Gasteiger partial charge in [0.1, 0.15) is 0 Å². The molecule has 0 spiro atoms. The maximum atomic E-state index is 12.0. The number of carbonyl (C=O) groups excluding carboxylic acids is 1. The Kier molecular flexibility index (Phi) is 3.69. The van der Waals surface area contributed by atoms with Gasteiger partial charge in [0.05, 0.1) is 12.0 Å². The molecule has 5 heteroatoms.